The number of thioether (sulfide) groups is 1. The molecular weight excluding hydrogens is 355 g/mol. The number of thiophene rings is 1. The molecular formula is C17H12Cl2OS2. The first-order valence-corrected chi connectivity index (χ1v) is 9.20. The van der Waals surface area contributed by atoms with Crippen LogP contribution in [0.15, 0.2) is 47.4 Å². The third-order valence-electron chi connectivity index (χ3n) is 3.34. The van der Waals surface area contributed by atoms with Gasteiger partial charge in [-0.25, -0.2) is 0 Å². The zero-order valence-corrected chi connectivity index (χ0v) is 14.9. The predicted octanol–water partition coefficient (Wildman–Crippen LogP) is 6.49. The Hall–Kier alpha value is -1.00. The Morgan fingerprint density at radius 3 is 2.50 bits per heavy atom. The van der Waals surface area contributed by atoms with Gasteiger partial charge in [0.2, 0.25) is 0 Å². The summed E-state index contributed by atoms with van der Waals surface area (Å²) >= 11 is 15.0. The molecule has 0 saturated carbocycles. The van der Waals surface area contributed by atoms with E-state index in [1.807, 2.05) is 49.4 Å². The number of aryl methyl sites for hydroxylation is 1. The fourth-order valence-corrected chi connectivity index (χ4v) is 4.49. The third kappa shape index (κ3) is 3.33. The van der Waals surface area contributed by atoms with Crippen molar-refractivity contribution in [2.24, 2.45) is 0 Å². The van der Waals surface area contributed by atoms with Crippen LogP contribution in [0.2, 0.25) is 10.0 Å². The molecule has 0 bridgehead atoms. The van der Waals surface area contributed by atoms with E-state index in [4.69, 9.17) is 23.2 Å². The molecule has 22 heavy (non-hydrogen) atoms. The zero-order valence-electron chi connectivity index (χ0n) is 11.7. The standard InChI is InChI=1S/C17H12Cl2OS2/c1-10-14-8-12(19)4-7-16(14)22-17(10)15(20)9-21-13-5-2-11(18)3-6-13/h2-8H,9H2,1H3. The minimum absolute atomic E-state index is 0.148. The molecule has 1 nitrogen and oxygen atoms in total. The Kier molecular flexibility index (Phi) is 4.79. The van der Waals surface area contributed by atoms with Crippen molar-refractivity contribution < 1.29 is 4.79 Å². The van der Waals surface area contributed by atoms with Crippen molar-refractivity contribution in [2.45, 2.75) is 11.8 Å². The summed E-state index contributed by atoms with van der Waals surface area (Å²) in [5, 5.41) is 2.47. The van der Waals surface area contributed by atoms with E-state index in [1.165, 1.54) is 23.1 Å². The Balaban J connectivity index is 1.80. The van der Waals surface area contributed by atoms with Crippen molar-refractivity contribution in [1.29, 1.82) is 0 Å². The van der Waals surface area contributed by atoms with Gasteiger partial charge in [0, 0.05) is 19.6 Å². The number of hydrogen-bond acceptors (Lipinski definition) is 3. The molecule has 0 radical (unpaired) electrons. The monoisotopic (exact) mass is 366 g/mol. The first kappa shape index (κ1) is 15.9. The van der Waals surface area contributed by atoms with Gasteiger partial charge in [0.1, 0.15) is 0 Å². The lowest BCUT2D eigenvalue weighted by molar-refractivity contribution is 0.102. The van der Waals surface area contributed by atoms with E-state index in [1.54, 1.807) is 0 Å². The smallest absolute Gasteiger partial charge is 0.183 e. The van der Waals surface area contributed by atoms with Gasteiger partial charge in [-0.05, 0) is 60.3 Å². The van der Waals surface area contributed by atoms with Crippen molar-refractivity contribution in [3.63, 3.8) is 0 Å². The largest absolute Gasteiger partial charge is 0.292 e. The molecule has 3 aromatic rings. The third-order valence-corrected chi connectivity index (χ3v) is 6.15. The molecule has 0 saturated heterocycles. The summed E-state index contributed by atoms with van der Waals surface area (Å²) in [6, 6.07) is 13.3. The summed E-state index contributed by atoms with van der Waals surface area (Å²) < 4.78 is 1.10. The number of carbonyl (C=O) groups excluding carboxylic acids is 1. The maximum atomic E-state index is 12.5. The Morgan fingerprint density at radius 2 is 1.77 bits per heavy atom. The number of rotatable bonds is 4. The molecule has 2 aromatic carbocycles. The van der Waals surface area contributed by atoms with Gasteiger partial charge >= 0.3 is 0 Å². The summed E-state index contributed by atoms with van der Waals surface area (Å²) in [5.41, 5.74) is 1.02. The van der Waals surface area contributed by atoms with Crippen LogP contribution in [-0.2, 0) is 0 Å². The lowest BCUT2D eigenvalue weighted by Gasteiger charge is -2.01. The second-order valence-electron chi connectivity index (χ2n) is 4.86. The summed E-state index contributed by atoms with van der Waals surface area (Å²) in [7, 11) is 0. The number of halogens is 2. The van der Waals surface area contributed by atoms with Gasteiger partial charge in [0.15, 0.2) is 5.78 Å². The Bertz CT molecular complexity index is 838. The van der Waals surface area contributed by atoms with E-state index in [-0.39, 0.29) is 5.78 Å². The average molecular weight is 367 g/mol. The van der Waals surface area contributed by atoms with Crippen LogP contribution < -0.4 is 0 Å². The van der Waals surface area contributed by atoms with Crippen molar-refractivity contribution >= 4 is 62.2 Å². The van der Waals surface area contributed by atoms with Crippen LogP contribution in [0, 0.1) is 6.92 Å². The second kappa shape index (κ2) is 6.63. The van der Waals surface area contributed by atoms with Crippen LogP contribution >= 0.6 is 46.3 Å². The maximum Gasteiger partial charge on any atom is 0.183 e. The molecule has 0 amide bonds. The highest BCUT2D eigenvalue weighted by Crippen LogP contribution is 2.34. The zero-order chi connectivity index (χ0) is 15.7. The molecule has 0 N–H and O–H groups in total. The van der Waals surface area contributed by atoms with Crippen LogP contribution in [-0.4, -0.2) is 11.5 Å². The molecule has 5 heteroatoms. The van der Waals surface area contributed by atoms with Gasteiger partial charge < -0.3 is 0 Å². The molecule has 0 fully saturated rings. The number of hydrogen-bond donors (Lipinski definition) is 0. The van der Waals surface area contributed by atoms with Crippen LogP contribution in [0.4, 0.5) is 0 Å². The molecule has 0 aliphatic rings. The fraction of sp³-hybridized carbons (Fsp3) is 0.118. The quantitative estimate of drug-likeness (QED) is 0.387. The van der Waals surface area contributed by atoms with E-state index in [2.05, 4.69) is 0 Å². The lowest BCUT2D eigenvalue weighted by atomic mass is 10.1. The number of benzene rings is 2. The lowest BCUT2D eigenvalue weighted by Crippen LogP contribution is -2.01. The molecule has 0 unspecified atom stereocenters. The van der Waals surface area contributed by atoms with E-state index in [9.17, 15) is 4.79 Å². The molecule has 112 valence electrons. The van der Waals surface area contributed by atoms with Crippen LogP contribution in [0.1, 0.15) is 15.2 Å². The molecule has 1 aromatic heterocycles. The minimum atomic E-state index is 0.148. The molecule has 3 rings (SSSR count). The van der Waals surface area contributed by atoms with Crippen LogP contribution in [0.25, 0.3) is 10.1 Å². The molecule has 0 aliphatic heterocycles. The Labute approximate surface area is 147 Å². The van der Waals surface area contributed by atoms with Gasteiger partial charge in [0.05, 0.1) is 10.6 Å². The van der Waals surface area contributed by atoms with Crippen molar-refractivity contribution in [3.8, 4) is 0 Å². The van der Waals surface area contributed by atoms with Gasteiger partial charge in [-0.1, -0.05) is 23.2 Å². The maximum absolute atomic E-state index is 12.5. The van der Waals surface area contributed by atoms with Gasteiger partial charge in [0.25, 0.3) is 0 Å². The van der Waals surface area contributed by atoms with E-state index in [0.717, 1.165) is 25.4 Å². The van der Waals surface area contributed by atoms with E-state index < -0.39 is 0 Å². The normalized spacial score (nSPS) is 11.0. The van der Waals surface area contributed by atoms with Gasteiger partial charge in [-0.2, -0.15) is 0 Å². The summed E-state index contributed by atoms with van der Waals surface area (Å²) in [6.07, 6.45) is 0. The highest BCUT2D eigenvalue weighted by Gasteiger charge is 2.16. The summed E-state index contributed by atoms with van der Waals surface area (Å²) in [6.45, 7) is 1.98. The van der Waals surface area contributed by atoms with E-state index >= 15 is 0 Å². The number of fused-ring (bicyclic) bond motifs is 1. The predicted molar refractivity (Wildman–Crippen MR) is 98.1 cm³/mol. The van der Waals surface area contributed by atoms with Crippen molar-refractivity contribution in [1.82, 2.24) is 0 Å². The van der Waals surface area contributed by atoms with Crippen LogP contribution in [0.3, 0.4) is 0 Å². The minimum Gasteiger partial charge on any atom is -0.292 e. The Morgan fingerprint density at radius 1 is 1.09 bits per heavy atom. The molecule has 0 atom stereocenters. The average Bonchev–Trinajstić information content (AvgIpc) is 2.83. The molecule has 0 aliphatic carbocycles. The van der Waals surface area contributed by atoms with E-state index in [0.29, 0.717) is 15.8 Å². The molecule has 1 heterocycles. The summed E-state index contributed by atoms with van der Waals surface area (Å²) in [4.78, 5) is 14.4. The highest BCUT2D eigenvalue weighted by atomic mass is 35.5. The van der Waals surface area contributed by atoms with Crippen molar-refractivity contribution in [3.05, 3.63) is 63.0 Å². The first-order chi connectivity index (χ1) is 10.5. The van der Waals surface area contributed by atoms with Gasteiger partial charge in [-0.15, -0.1) is 23.1 Å². The first-order valence-electron chi connectivity index (χ1n) is 6.65. The topological polar surface area (TPSA) is 17.1 Å². The summed E-state index contributed by atoms with van der Waals surface area (Å²) in [5.74, 6) is 0.568. The van der Waals surface area contributed by atoms with Gasteiger partial charge in [-0.3, -0.25) is 4.79 Å². The SMILES string of the molecule is Cc1c(C(=O)CSc2ccc(Cl)cc2)sc2ccc(Cl)cc12. The fourth-order valence-electron chi connectivity index (χ4n) is 2.20. The van der Waals surface area contributed by atoms with Crippen LogP contribution in [0.5, 0.6) is 0 Å². The highest BCUT2D eigenvalue weighted by molar-refractivity contribution is 8.00. The van der Waals surface area contributed by atoms with Crippen molar-refractivity contribution in [2.75, 3.05) is 5.75 Å². The number of ketones is 1. The number of Topliss-reactive ketones (excluding diaryl/α,β-unsaturated/α-hetero) is 1. The number of carbonyl (C=O) groups is 1. The molecule has 0 spiro atoms. The second-order valence-corrected chi connectivity index (χ2v) is 7.84.